The highest BCUT2D eigenvalue weighted by Gasteiger charge is 2.56. The number of halogens is 1. The van der Waals surface area contributed by atoms with Gasteiger partial charge in [-0.3, -0.25) is 29.2 Å². The van der Waals surface area contributed by atoms with Gasteiger partial charge in [0.15, 0.2) is 5.82 Å². The van der Waals surface area contributed by atoms with Gasteiger partial charge in [0, 0.05) is 68.9 Å². The van der Waals surface area contributed by atoms with Crippen molar-refractivity contribution in [1.29, 1.82) is 0 Å². The summed E-state index contributed by atoms with van der Waals surface area (Å²) in [5, 5.41) is 12.8. The first-order valence-corrected chi connectivity index (χ1v) is 20.7. The number of aromatic nitrogens is 3. The second-order valence-electron chi connectivity index (χ2n) is 17.1. The van der Waals surface area contributed by atoms with Crippen LogP contribution in [0.2, 0.25) is 0 Å². The predicted molar refractivity (Wildman–Crippen MR) is 222 cm³/mol. The van der Waals surface area contributed by atoms with E-state index in [1.807, 2.05) is 66.8 Å². The van der Waals surface area contributed by atoms with Crippen molar-refractivity contribution in [2.75, 3.05) is 32.1 Å². The van der Waals surface area contributed by atoms with E-state index in [1.54, 1.807) is 12.3 Å². The minimum absolute atomic E-state index is 0.119. The lowest BCUT2D eigenvalue weighted by Crippen LogP contribution is -2.44. The van der Waals surface area contributed by atoms with Crippen LogP contribution in [0.4, 0.5) is 10.1 Å². The molecule has 4 aliphatic rings. The lowest BCUT2D eigenvalue weighted by Gasteiger charge is -2.35. The van der Waals surface area contributed by atoms with E-state index in [-0.39, 0.29) is 22.6 Å². The Bertz CT molecular complexity index is 2310. The van der Waals surface area contributed by atoms with E-state index in [9.17, 15) is 19.5 Å². The van der Waals surface area contributed by atoms with Crippen LogP contribution in [-0.2, 0) is 40.9 Å². The number of imidazole rings is 1. The molecule has 12 nitrogen and oxygen atoms in total. The third-order valence-corrected chi connectivity index (χ3v) is 13.5. The molecule has 2 aromatic carbocycles. The maximum Gasteiger partial charge on any atom is 0.320 e. The Labute approximate surface area is 344 Å². The number of amides is 1. The Kier molecular flexibility index (Phi) is 11.2. The predicted octanol–water partition coefficient (Wildman–Crippen LogP) is 7.50. The minimum Gasteiger partial charge on any atom is -0.496 e. The Morgan fingerprint density at radius 2 is 1.81 bits per heavy atom. The fourth-order valence-corrected chi connectivity index (χ4v) is 10.3. The largest absolute Gasteiger partial charge is 0.496 e. The highest BCUT2D eigenvalue weighted by atomic mass is 19.1. The van der Waals surface area contributed by atoms with Gasteiger partial charge in [0.05, 0.1) is 12.8 Å². The van der Waals surface area contributed by atoms with Gasteiger partial charge in [0.25, 0.3) is 12.4 Å². The number of aliphatic carboxylic acids is 1. The Morgan fingerprint density at radius 3 is 2.56 bits per heavy atom. The summed E-state index contributed by atoms with van der Waals surface area (Å²) in [5.74, 6) is -0.831. The number of methoxy groups -OCH3 is 1. The van der Waals surface area contributed by atoms with Gasteiger partial charge in [0.1, 0.15) is 28.9 Å². The molecule has 4 aromatic rings. The number of benzene rings is 2. The van der Waals surface area contributed by atoms with E-state index in [0.717, 1.165) is 98.1 Å². The van der Waals surface area contributed by atoms with E-state index in [2.05, 4.69) is 15.2 Å². The number of nitrogens with one attached hydrogen (secondary N) is 1. The Balaban J connectivity index is 0.965. The molecular formula is C46H53FN6O6. The van der Waals surface area contributed by atoms with Gasteiger partial charge in [-0.25, -0.2) is 9.37 Å². The quantitative estimate of drug-likeness (QED) is 0.131. The van der Waals surface area contributed by atoms with Crippen LogP contribution in [0.15, 0.2) is 48.7 Å². The van der Waals surface area contributed by atoms with E-state index in [0.29, 0.717) is 60.9 Å². The van der Waals surface area contributed by atoms with Crippen LogP contribution in [-0.4, -0.2) is 86.2 Å². The molecule has 0 unspecified atom stereocenters. The first kappa shape index (κ1) is 40.4. The SMILES string of the molecule is COc1cc(/C(F)=C/c2cccc(-c3cccc(NC(=O)c4nc5c(n4C)CCN(CC46CCC(OC=O)(CC4)C6)C5)c3C)c2C)ncc1CN1CCCC[C@H]1C(=O)O. The van der Waals surface area contributed by atoms with Crippen LogP contribution in [0.5, 0.6) is 5.75 Å². The summed E-state index contributed by atoms with van der Waals surface area (Å²) in [6.45, 7) is 8.06. The number of carboxylic acid groups (broad SMARTS) is 1. The van der Waals surface area contributed by atoms with E-state index in [1.165, 1.54) is 13.2 Å². The van der Waals surface area contributed by atoms with E-state index < -0.39 is 17.8 Å². The number of anilines is 1. The zero-order chi connectivity index (χ0) is 41.5. The number of pyridine rings is 1. The number of hydrogen-bond acceptors (Lipinski definition) is 9. The normalized spacial score (nSPS) is 23.2. The first-order chi connectivity index (χ1) is 28.4. The maximum atomic E-state index is 15.9. The molecule has 1 saturated heterocycles. The number of rotatable bonds is 13. The van der Waals surface area contributed by atoms with Crippen molar-refractivity contribution in [1.82, 2.24) is 24.3 Å². The van der Waals surface area contributed by atoms with Crippen molar-refractivity contribution in [3.05, 3.63) is 93.8 Å². The molecule has 0 radical (unpaired) electrons. The zero-order valence-corrected chi connectivity index (χ0v) is 34.4. The number of carbonyl (C=O) groups excluding carboxylic acids is 2. The molecule has 8 rings (SSSR count). The number of hydrogen-bond donors (Lipinski definition) is 2. The number of piperidine rings is 1. The molecule has 2 aliphatic heterocycles. The van der Waals surface area contributed by atoms with Crippen LogP contribution < -0.4 is 10.1 Å². The average molecular weight is 805 g/mol. The fraction of sp³-hybridized carbons (Fsp3) is 0.457. The molecule has 2 saturated carbocycles. The Hall–Kier alpha value is -5.40. The van der Waals surface area contributed by atoms with Crippen LogP contribution in [0, 0.1) is 19.3 Å². The summed E-state index contributed by atoms with van der Waals surface area (Å²) in [4.78, 5) is 50.5. The summed E-state index contributed by atoms with van der Waals surface area (Å²) in [5.41, 5.74) is 7.62. The Morgan fingerprint density at radius 1 is 1.05 bits per heavy atom. The molecule has 1 atom stereocenters. The maximum absolute atomic E-state index is 15.9. The molecule has 2 aromatic heterocycles. The van der Waals surface area contributed by atoms with Crippen molar-refractivity contribution >= 4 is 35.9 Å². The number of nitrogens with zero attached hydrogens (tertiary/aromatic N) is 5. The molecule has 2 N–H and O–H groups in total. The van der Waals surface area contributed by atoms with Crippen LogP contribution in [0.3, 0.4) is 0 Å². The summed E-state index contributed by atoms with van der Waals surface area (Å²) in [7, 11) is 3.42. The second kappa shape index (κ2) is 16.3. The van der Waals surface area contributed by atoms with Gasteiger partial charge in [-0.1, -0.05) is 36.8 Å². The van der Waals surface area contributed by atoms with Gasteiger partial charge in [-0.05, 0) is 111 Å². The van der Waals surface area contributed by atoms with Crippen molar-refractivity contribution in [3.63, 3.8) is 0 Å². The summed E-state index contributed by atoms with van der Waals surface area (Å²) in [6.07, 6.45) is 11.1. The van der Waals surface area contributed by atoms with Crippen LogP contribution in [0.25, 0.3) is 23.0 Å². The monoisotopic (exact) mass is 804 g/mol. The van der Waals surface area contributed by atoms with E-state index in [4.69, 9.17) is 14.5 Å². The molecule has 4 heterocycles. The van der Waals surface area contributed by atoms with Crippen LogP contribution in [0.1, 0.15) is 101 Å². The lowest BCUT2D eigenvalue weighted by molar-refractivity contribution is -0.145. The number of ether oxygens (including phenoxy) is 2. The number of likely N-dealkylation sites (tertiary alicyclic amines) is 1. The van der Waals surface area contributed by atoms with Gasteiger partial charge < -0.3 is 24.5 Å². The number of carboxylic acids is 1. The van der Waals surface area contributed by atoms with Gasteiger partial charge in [-0.15, -0.1) is 0 Å². The minimum atomic E-state index is -0.841. The smallest absolute Gasteiger partial charge is 0.320 e. The zero-order valence-electron chi connectivity index (χ0n) is 34.4. The number of fused-ring (bicyclic) bond motifs is 3. The molecule has 3 fully saturated rings. The molecule has 59 heavy (non-hydrogen) atoms. The number of carbonyl (C=O) groups is 3. The average Bonchev–Trinajstić information content (AvgIpc) is 3.88. The third kappa shape index (κ3) is 7.90. The standard InChI is InChI=1S/C46H53FN6O6/c1-29-31(21-35(47)37-22-41(58-4)32(23-48-37)24-53-19-6-5-13-40(53)44(56)57)9-7-10-33(29)34-11-8-12-36(30(34)2)50-43(55)42-49-38-25-52(20-14-39(38)51(42)3)27-45-15-17-46(26-45,18-16-45)59-28-54/h7-12,21-23,28,40H,5-6,13-20,24-27H2,1-4H3,(H,50,55)(H,56,57)/b35-21-/t40-,45?,46?/m0/s1. The van der Waals surface area contributed by atoms with E-state index >= 15 is 4.39 Å². The van der Waals surface area contributed by atoms with Crippen molar-refractivity contribution in [2.45, 2.75) is 96.4 Å². The lowest BCUT2D eigenvalue weighted by atomic mass is 9.83. The van der Waals surface area contributed by atoms with Gasteiger partial charge in [0.2, 0.25) is 0 Å². The molecule has 1 amide bonds. The molecule has 2 aliphatic carbocycles. The summed E-state index contributed by atoms with van der Waals surface area (Å²) < 4.78 is 29.1. The first-order valence-electron chi connectivity index (χ1n) is 20.7. The summed E-state index contributed by atoms with van der Waals surface area (Å²) >= 11 is 0. The third-order valence-electron chi connectivity index (χ3n) is 13.5. The fourth-order valence-electron chi connectivity index (χ4n) is 10.3. The summed E-state index contributed by atoms with van der Waals surface area (Å²) in [6, 6.07) is 12.5. The molecule has 13 heteroatoms. The molecular weight excluding hydrogens is 752 g/mol. The topological polar surface area (TPSA) is 139 Å². The van der Waals surface area contributed by atoms with Crippen molar-refractivity contribution in [3.8, 4) is 16.9 Å². The highest BCUT2D eigenvalue weighted by molar-refractivity contribution is 6.03. The van der Waals surface area contributed by atoms with Gasteiger partial charge >= 0.3 is 5.97 Å². The van der Waals surface area contributed by atoms with Crippen molar-refractivity contribution in [2.24, 2.45) is 12.5 Å². The second-order valence-corrected chi connectivity index (χ2v) is 17.1. The van der Waals surface area contributed by atoms with Gasteiger partial charge in [-0.2, -0.15) is 0 Å². The molecule has 0 spiro atoms. The molecule has 310 valence electrons. The van der Waals surface area contributed by atoms with Crippen LogP contribution >= 0.6 is 0 Å². The highest BCUT2D eigenvalue weighted by Crippen LogP contribution is 2.58. The molecule has 2 bridgehead atoms. The van der Waals surface area contributed by atoms with Crippen molar-refractivity contribution < 1.29 is 33.4 Å².